The molecule has 0 fully saturated rings. The van der Waals surface area contributed by atoms with Crippen LogP contribution in [0.5, 0.6) is 0 Å². The van der Waals surface area contributed by atoms with Crippen molar-refractivity contribution in [2.75, 3.05) is 26.2 Å². The summed E-state index contributed by atoms with van der Waals surface area (Å²) in [6.07, 6.45) is 7.04. The summed E-state index contributed by atoms with van der Waals surface area (Å²) in [5.74, 6) is -0.417. The van der Waals surface area contributed by atoms with Crippen LogP contribution >= 0.6 is 0 Å². The van der Waals surface area contributed by atoms with Crippen molar-refractivity contribution in [1.82, 2.24) is 10.2 Å². The number of hydrogen-bond donors (Lipinski definition) is 4. The predicted octanol–water partition coefficient (Wildman–Crippen LogP) is 2.84. The number of aliphatic carboxylic acids is 1. The summed E-state index contributed by atoms with van der Waals surface area (Å²) in [5.41, 5.74) is 0. The highest BCUT2D eigenvalue weighted by molar-refractivity contribution is 5.72. The van der Waals surface area contributed by atoms with Crippen LogP contribution in [0.3, 0.4) is 0 Å². The first-order valence-electron chi connectivity index (χ1n) is 8.35. The second kappa shape index (κ2) is 13.0. The summed E-state index contributed by atoms with van der Waals surface area (Å²) in [6.45, 7) is 7.25. The van der Waals surface area contributed by atoms with Crippen molar-refractivity contribution in [2.24, 2.45) is 0 Å². The fraction of sp³-hybridized carbons (Fsp3) is 0.706. The summed E-state index contributed by atoms with van der Waals surface area (Å²) in [5, 5.41) is 31.8. The van der Waals surface area contributed by atoms with Crippen LogP contribution in [-0.2, 0) is 4.79 Å². The number of aliphatic hydroxyl groups is 2. The Morgan fingerprint density at radius 3 is 2.17 bits per heavy atom. The van der Waals surface area contributed by atoms with E-state index in [1.807, 2.05) is 13.8 Å². The minimum atomic E-state index is -0.918. The van der Waals surface area contributed by atoms with E-state index in [2.05, 4.69) is 5.32 Å². The average Bonchev–Trinajstić information content (AvgIpc) is 2.52. The highest BCUT2D eigenvalue weighted by Crippen LogP contribution is 2.05. The molecular formula is C17H32N2O4. The lowest BCUT2D eigenvalue weighted by atomic mass is 10.2. The minimum absolute atomic E-state index is 0.200. The molecule has 6 nitrogen and oxygen atoms in total. The van der Waals surface area contributed by atoms with Crippen molar-refractivity contribution < 1.29 is 20.1 Å². The Labute approximate surface area is 139 Å². The van der Waals surface area contributed by atoms with E-state index in [0.29, 0.717) is 25.4 Å². The van der Waals surface area contributed by atoms with Gasteiger partial charge in [-0.15, -0.1) is 0 Å². The molecule has 0 bridgehead atoms. The molecule has 0 amide bonds. The largest absolute Gasteiger partial charge is 0.511 e. The van der Waals surface area contributed by atoms with Crippen LogP contribution < -0.4 is 5.32 Å². The topological polar surface area (TPSA) is 93.0 Å². The first-order chi connectivity index (χ1) is 10.9. The van der Waals surface area contributed by atoms with E-state index in [1.54, 1.807) is 24.0 Å². The molecule has 6 heteroatoms. The zero-order valence-corrected chi connectivity index (χ0v) is 14.6. The van der Waals surface area contributed by atoms with E-state index in [0.717, 1.165) is 25.7 Å². The fourth-order valence-electron chi connectivity index (χ4n) is 1.97. The number of unbranched alkanes of at least 4 members (excludes halogenated alkanes) is 2. The number of hydrogen-bond acceptors (Lipinski definition) is 5. The van der Waals surface area contributed by atoms with Gasteiger partial charge in [-0.2, -0.15) is 0 Å². The highest BCUT2D eigenvalue weighted by atomic mass is 16.4. The van der Waals surface area contributed by atoms with E-state index in [4.69, 9.17) is 0 Å². The van der Waals surface area contributed by atoms with Crippen molar-refractivity contribution in [2.45, 2.75) is 52.5 Å². The lowest BCUT2D eigenvalue weighted by Gasteiger charge is -2.26. The molecule has 0 rings (SSSR count). The Hall–Kier alpha value is -1.53. The summed E-state index contributed by atoms with van der Waals surface area (Å²) in [4.78, 5) is 12.9. The van der Waals surface area contributed by atoms with Crippen molar-refractivity contribution in [1.29, 1.82) is 0 Å². The zero-order chi connectivity index (χ0) is 17.7. The summed E-state index contributed by atoms with van der Waals surface area (Å²) < 4.78 is 0. The van der Waals surface area contributed by atoms with E-state index in [9.17, 15) is 20.1 Å². The summed E-state index contributed by atoms with van der Waals surface area (Å²) in [6, 6.07) is -0.682. The van der Waals surface area contributed by atoms with Gasteiger partial charge in [-0.05, 0) is 31.9 Å². The molecule has 1 unspecified atom stereocenters. The molecule has 0 aliphatic heterocycles. The Morgan fingerprint density at radius 2 is 1.65 bits per heavy atom. The molecule has 0 radical (unpaired) electrons. The molecule has 23 heavy (non-hydrogen) atoms. The van der Waals surface area contributed by atoms with Crippen LogP contribution in [0, 0.1) is 0 Å². The molecule has 0 spiro atoms. The molecule has 134 valence electrons. The quantitative estimate of drug-likeness (QED) is 0.307. The Kier molecular flexibility index (Phi) is 12.1. The predicted molar refractivity (Wildman–Crippen MR) is 92.8 cm³/mol. The molecule has 0 saturated carbocycles. The molecular weight excluding hydrogens is 296 g/mol. The Balaban J connectivity index is 4.40. The Bertz CT molecular complexity index is 394. The average molecular weight is 328 g/mol. The van der Waals surface area contributed by atoms with Crippen molar-refractivity contribution >= 4 is 5.97 Å². The number of carboxylic acid groups (broad SMARTS) is 1. The van der Waals surface area contributed by atoms with E-state index >= 15 is 0 Å². The van der Waals surface area contributed by atoms with Gasteiger partial charge in [-0.1, -0.05) is 26.7 Å². The zero-order valence-electron chi connectivity index (χ0n) is 14.6. The van der Waals surface area contributed by atoms with Gasteiger partial charge in [-0.25, -0.2) is 0 Å². The number of rotatable bonds is 13. The molecule has 0 aromatic carbocycles. The number of carbonyl (C=O) groups is 1. The minimum Gasteiger partial charge on any atom is -0.511 e. The number of allylic oxidation sites excluding steroid dienone is 2. The Morgan fingerprint density at radius 1 is 1.09 bits per heavy atom. The normalized spacial score (nSPS) is 14.3. The summed E-state index contributed by atoms with van der Waals surface area (Å²) >= 11 is 0. The lowest BCUT2D eigenvalue weighted by Crippen LogP contribution is -2.43. The second-order valence-corrected chi connectivity index (χ2v) is 5.63. The molecule has 0 aromatic heterocycles. The molecule has 4 N–H and O–H groups in total. The van der Waals surface area contributed by atoms with Crippen molar-refractivity contribution in [3.63, 3.8) is 0 Å². The third-order valence-corrected chi connectivity index (χ3v) is 3.49. The monoisotopic (exact) mass is 328 g/mol. The maximum Gasteiger partial charge on any atom is 0.320 e. The molecule has 0 heterocycles. The van der Waals surface area contributed by atoms with Crippen LogP contribution in [-0.4, -0.2) is 58.4 Å². The third-order valence-electron chi connectivity index (χ3n) is 3.49. The molecule has 1 atom stereocenters. The van der Waals surface area contributed by atoms with Gasteiger partial charge in [0.05, 0.1) is 13.1 Å². The highest BCUT2D eigenvalue weighted by Gasteiger charge is 2.20. The molecule has 0 aliphatic carbocycles. The van der Waals surface area contributed by atoms with Gasteiger partial charge in [0, 0.05) is 13.1 Å². The van der Waals surface area contributed by atoms with E-state index < -0.39 is 12.0 Å². The van der Waals surface area contributed by atoms with Gasteiger partial charge in [0.2, 0.25) is 0 Å². The maximum atomic E-state index is 11.2. The molecule has 0 aliphatic rings. The van der Waals surface area contributed by atoms with Gasteiger partial charge in [0.1, 0.15) is 17.6 Å². The lowest BCUT2D eigenvalue weighted by molar-refractivity contribution is -0.142. The van der Waals surface area contributed by atoms with Crippen molar-refractivity contribution in [3.8, 4) is 0 Å². The van der Waals surface area contributed by atoms with Gasteiger partial charge >= 0.3 is 5.97 Å². The fourth-order valence-corrected chi connectivity index (χ4v) is 1.97. The van der Waals surface area contributed by atoms with Crippen LogP contribution in [0.15, 0.2) is 23.7 Å². The number of nitrogens with one attached hydrogen (secondary N) is 1. The van der Waals surface area contributed by atoms with Gasteiger partial charge in [0.25, 0.3) is 0 Å². The smallest absolute Gasteiger partial charge is 0.320 e. The van der Waals surface area contributed by atoms with Crippen LogP contribution in [0.1, 0.15) is 46.5 Å². The number of carboxylic acids is 1. The summed E-state index contributed by atoms with van der Waals surface area (Å²) in [7, 11) is 0. The first-order valence-corrected chi connectivity index (χ1v) is 8.35. The second-order valence-electron chi connectivity index (χ2n) is 5.63. The van der Waals surface area contributed by atoms with Gasteiger partial charge in [-0.3, -0.25) is 9.69 Å². The third kappa shape index (κ3) is 10.8. The maximum absolute atomic E-state index is 11.2. The number of aliphatic hydroxyl groups excluding tert-OH is 2. The van der Waals surface area contributed by atoms with Crippen LogP contribution in [0.2, 0.25) is 0 Å². The SMILES string of the molecule is CCC/C=C(\O)CNCCN(C/C(O)=C/CCC)C(C)C(=O)O. The first kappa shape index (κ1) is 21.5. The number of nitrogens with zero attached hydrogens (tertiary/aromatic N) is 1. The standard InChI is InChI=1S/C17H32N2O4/c1-4-6-8-15(20)12-18-10-11-19(14(3)17(22)23)13-16(21)9-7-5-2/h8-9,14,18,20-21H,4-7,10-13H2,1-3H3,(H,22,23)/b15-8-,16-9-. The van der Waals surface area contributed by atoms with Crippen LogP contribution in [0.25, 0.3) is 0 Å². The van der Waals surface area contributed by atoms with E-state index in [-0.39, 0.29) is 12.3 Å². The van der Waals surface area contributed by atoms with Crippen LogP contribution in [0.4, 0.5) is 0 Å². The van der Waals surface area contributed by atoms with Gasteiger partial charge in [0.15, 0.2) is 0 Å². The van der Waals surface area contributed by atoms with Crippen molar-refractivity contribution in [3.05, 3.63) is 23.7 Å². The molecule has 0 saturated heterocycles. The molecule has 0 aromatic rings. The van der Waals surface area contributed by atoms with E-state index in [1.165, 1.54) is 0 Å². The van der Waals surface area contributed by atoms with Gasteiger partial charge < -0.3 is 20.6 Å².